The third-order valence-corrected chi connectivity index (χ3v) is 4.72. The van der Waals surface area contributed by atoms with E-state index in [4.69, 9.17) is 23.2 Å². The van der Waals surface area contributed by atoms with Crippen molar-refractivity contribution in [1.29, 1.82) is 0 Å². The van der Waals surface area contributed by atoms with E-state index in [-0.39, 0.29) is 0 Å². The minimum Gasteiger partial charge on any atom is -0.378 e. The van der Waals surface area contributed by atoms with Crippen LogP contribution in [0.4, 0.5) is 10.8 Å². The molecule has 0 unspecified atom stereocenters. The van der Waals surface area contributed by atoms with E-state index in [2.05, 4.69) is 15.2 Å². The van der Waals surface area contributed by atoms with Gasteiger partial charge in [0.05, 0.1) is 5.02 Å². The van der Waals surface area contributed by atoms with E-state index in [1.165, 1.54) is 11.3 Å². The molecule has 3 aromatic rings. The summed E-state index contributed by atoms with van der Waals surface area (Å²) in [4.78, 5) is 6.43. The number of anilines is 1. The molecule has 7 heteroatoms. The van der Waals surface area contributed by atoms with Crippen LogP contribution in [-0.4, -0.2) is 30.5 Å². The van der Waals surface area contributed by atoms with E-state index < -0.39 is 0 Å². The Bertz CT molecular complexity index is 873. The maximum atomic E-state index is 6.20. The molecule has 24 heavy (non-hydrogen) atoms. The topological polar surface area (TPSA) is 41.4 Å². The fourth-order valence-corrected chi connectivity index (χ4v) is 3.31. The van der Waals surface area contributed by atoms with Crippen LogP contribution in [0, 0.1) is 0 Å². The Kier molecular flexibility index (Phi) is 5.14. The van der Waals surface area contributed by atoms with Crippen molar-refractivity contribution >= 4 is 51.6 Å². The highest BCUT2D eigenvalue weighted by molar-refractivity contribution is 7.18. The molecule has 0 N–H and O–H groups in total. The molecule has 4 nitrogen and oxygen atoms in total. The van der Waals surface area contributed by atoms with Crippen molar-refractivity contribution in [1.82, 2.24) is 10.2 Å². The number of benzene rings is 2. The summed E-state index contributed by atoms with van der Waals surface area (Å²) in [6.07, 6.45) is 1.77. The first-order valence-electron chi connectivity index (χ1n) is 7.13. The second-order valence-corrected chi connectivity index (χ2v) is 7.06. The van der Waals surface area contributed by atoms with Gasteiger partial charge in [-0.3, -0.25) is 0 Å². The molecule has 2 aromatic carbocycles. The predicted molar refractivity (Wildman–Crippen MR) is 103 cm³/mol. The van der Waals surface area contributed by atoms with E-state index >= 15 is 0 Å². The first kappa shape index (κ1) is 16.9. The van der Waals surface area contributed by atoms with Crippen molar-refractivity contribution < 1.29 is 0 Å². The van der Waals surface area contributed by atoms with Crippen LogP contribution in [0.3, 0.4) is 0 Å². The highest BCUT2D eigenvalue weighted by Gasteiger charge is 2.10. The number of halogens is 2. The lowest BCUT2D eigenvalue weighted by molar-refractivity contribution is 1.09. The summed E-state index contributed by atoms with van der Waals surface area (Å²) in [6.45, 7) is 0. The molecule has 3 rings (SSSR count). The zero-order valence-electron chi connectivity index (χ0n) is 13.1. The second kappa shape index (κ2) is 7.30. The lowest BCUT2D eigenvalue weighted by Crippen LogP contribution is -2.08. The van der Waals surface area contributed by atoms with E-state index in [9.17, 15) is 0 Å². The van der Waals surface area contributed by atoms with Crippen molar-refractivity contribution in [3.05, 3.63) is 58.1 Å². The Morgan fingerprint density at radius 3 is 2.46 bits per heavy atom. The number of aliphatic imine (C=N–C) groups is 1. The van der Waals surface area contributed by atoms with Crippen molar-refractivity contribution in [2.24, 2.45) is 4.99 Å². The van der Waals surface area contributed by atoms with Crippen LogP contribution in [0.15, 0.2) is 47.5 Å². The Morgan fingerprint density at radius 2 is 1.79 bits per heavy atom. The van der Waals surface area contributed by atoms with Gasteiger partial charge in [0.1, 0.15) is 0 Å². The molecule has 122 valence electrons. The summed E-state index contributed by atoms with van der Waals surface area (Å²) < 4.78 is 0. The van der Waals surface area contributed by atoms with Gasteiger partial charge in [-0.1, -0.05) is 46.7 Å². The van der Waals surface area contributed by atoms with E-state index in [1.54, 1.807) is 18.3 Å². The Balaban J connectivity index is 1.78. The number of rotatable bonds is 4. The van der Waals surface area contributed by atoms with Gasteiger partial charge in [0.15, 0.2) is 5.01 Å². The normalized spacial score (nSPS) is 11.2. The van der Waals surface area contributed by atoms with Gasteiger partial charge in [0.2, 0.25) is 5.13 Å². The molecule has 1 aromatic heterocycles. The highest BCUT2D eigenvalue weighted by Crippen LogP contribution is 2.34. The van der Waals surface area contributed by atoms with Crippen molar-refractivity contribution in [2.45, 2.75) is 0 Å². The van der Waals surface area contributed by atoms with Gasteiger partial charge in [0.25, 0.3) is 0 Å². The monoisotopic (exact) mass is 376 g/mol. The molecule has 0 aliphatic rings. The summed E-state index contributed by atoms with van der Waals surface area (Å²) in [5.41, 5.74) is 2.94. The van der Waals surface area contributed by atoms with E-state index in [1.807, 2.05) is 49.3 Å². The van der Waals surface area contributed by atoms with Crippen molar-refractivity contribution in [2.75, 3.05) is 19.0 Å². The van der Waals surface area contributed by atoms with Crippen molar-refractivity contribution in [3.8, 4) is 10.6 Å². The number of aromatic nitrogens is 2. The van der Waals surface area contributed by atoms with Crippen LogP contribution >= 0.6 is 34.5 Å². The zero-order valence-corrected chi connectivity index (χ0v) is 15.4. The molecular formula is C17H14Cl2N4S. The minimum absolute atomic E-state index is 0.549. The quantitative estimate of drug-likeness (QED) is 0.577. The van der Waals surface area contributed by atoms with Crippen molar-refractivity contribution in [3.63, 3.8) is 0 Å². The first-order chi connectivity index (χ1) is 11.5. The molecule has 0 aliphatic carbocycles. The van der Waals surface area contributed by atoms with Crippen LogP contribution in [0.2, 0.25) is 10.0 Å². The van der Waals surface area contributed by atoms with Crippen LogP contribution in [0.5, 0.6) is 0 Å². The van der Waals surface area contributed by atoms with Crippen LogP contribution in [0.1, 0.15) is 5.56 Å². The molecule has 0 radical (unpaired) electrons. The highest BCUT2D eigenvalue weighted by atomic mass is 35.5. The van der Waals surface area contributed by atoms with Gasteiger partial charge in [0, 0.05) is 36.6 Å². The largest absolute Gasteiger partial charge is 0.378 e. The Morgan fingerprint density at radius 1 is 1.04 bits per heavy atom. The second-order valence-electron chi connectivity index (χ2n) is 5.26. The third kappa shape index (κ3) is 3.93. The molecule has 0 amide bonds. The zero-order chi connectivity index (χ0) is 17.1. The minimum atomic E-state index is 0.549. The molecule has 0 aliphatic heterocycles. The van der Waals surface area contributed by atoms with Gasteiger partial charge < -0.3 is 4.90 Å². The van der Waals surface area contributed by atoms with E-state index in [0.717, 1.165) is 16.8 Å². The number of nitrogens with zero attached hydrogens (tertiary/aromatic N) is 4. The number of hydrogen-bond acceptors (Lipinski definition) is 5. The molecular weight excluding hydrogens is 363 g/mol. The summed E-state index contributed by atoms with van der Waals surface area (Å²) in [7, 11) is 4.02. The Labute approximate surface area is 154 Å². The average molecular weight is 377 g/mol. The fraction of sp³-hybridized carbons (Fsp3) is 0.118. The lowest BCUT2D eigenvalue weighted by atomic mass is 10.2. The molecule has 1 heterocycles. The van der Waals surface area contributed by atoms with Gasteiger partial charge in [-0.15, -0.1) is 10.2 Å². The first-order valence-corrected chi connectivity index (χ1v) is 8.70. The van der Waals surface area contributed by atoms with Gasteiger partial charge in [-0.05, 0) is 35.9 Å². The average Bonchev–Trinajstić information content (AvgIpc) is 3.02. The standard InChI is InChI=1S/C17H14Cl2N4S/c1-23(2)13-6-3-11(4-7-13)10-20-17-22-21-16(24-17)14-8-5-12(18)9-15(14)19/h3-10H,1-2H3/b20-10+. The predicted octanol–water partition coefficient (Wildman–Crippen LogP) is 5.33. The summed E-state index contributed by atoms with van der Waals surface area (Å²) >= 11 is 13.5. The molecule has 0 saturated heterocycles. The van der Waals surface area contributed by atoms with Gasteiger partial charge in [-0.2, -0.15) is 0 Å². The molecule has 0 saturated carbocycles. The van der Waals surface area contributed by atoms with Crippen LogP contribution in [-0.2, 0) is 0 Å². The summed E-state index contributed by atoms with van der Waals surface area (Å²) in [5, 5.41) is 10.7. The molecule has 0 spiro atoms. The lowest BCUT2D eigenvalue weighted by Gasteiger charge is -2.11. The van der Waals surface area contributed by atoms with E-state index in [0.29, 0.717) is 20.2 Å². The summed E-state index contributed by atoms with van der Waals surface area (Å²) in [5.74, 6) is 0. The smallest absolute Gasteiger partial charge is 0.231 e. The molecule has 0 fully saturated rings. The third-order valence-electron chi connectivity index (χ3n) is 3.31. The van der Waals surface area contributed by atoms with Crippen LogP contribution in [0.25, 0.3) is 10.6 Å². The van der Waals surface area contributed by atoms with Crippen LogP contribution < -0.4 is 4.90 Å². The molecule has 0 atom stereocenters. The maximum Gasteiger partial charge on any atom is 0.231 e. The van der Waals surface area contributed by atoms with Gasteiger partial charge >= 0.3 is 0 Å². The summed E-state index contributed by atoms with van der Waals surface area (Å²) in [6, 6.07) is 13.4. The Hall–Kier alpha value is -1.95. The SMILES string of the molecule is CN(C)c1ccc(/C=N/c2nnc(-c3ccc(Cl)cc3Cl)s2)cc1. The van der Waals surface area contributed by atoms with Gasteiger partial charge in [-0.25, -0.2) is 4.99 Å². The molecule has 0 bridgehead atoms. The maximum absolute atomic E-state index is 6.20. The number of hydrogen-bond donors (Lipinski definition) is 0. The fourth-order valence-electron chi connectivity index (χ4n) is 2.03.